The summed E-state index contributed by atoms with van der Waals surface area (Å²) in [5.74, 6) is -1.95. The largest absolute Gasteiger partial charge is 0.480 e. The van der Waals surface area contributed by atoms with Gasteiger partial charge in [0, 0.05) is 11.6 Å². The van der Waals surface area contributed by atoms with Crippen LogP contribution in [-0.2, 0) is 4.79 Å². The Morgan fingerprint density at radius 2 is 2.06 bits per heavy atom. The number of aryl methyl sites for hydroxylation is 1. The topological polar surface area (TPSA) is 57.6 Å². The summed E-state index contributed by atoms with van der Waals surface area (Å²) in [5, 5.41) is 8.80. The molecule has 1 saturated carbocycles. The first-order valence-electron chi connectivity index (χ1n) is 5.77. The summed E-state index contributed by atoms with van der Waals surface area (Å²) in [6, 6.07) is 4.03. The lowest BCUT2D eigenvalue weighted by Gasteiger charge is -2.20. The summed E-state index contributed by atoms with van der Waals surface area (Å²) >= 11 is 0. The Morgan fingerprint density at radius 1 is 1.39 bits per heavy atom. The van der Waals surface area contributed by atoms with E-state index < -0.39 is 17.7 Å². The van der Waals surface area contributed by atoms with E-state index in [9.17, 15) is 14.0 Å². The van der Waals surface area contributed by atoms with Crippen molar-refractivity contribution in [2.24, 2.45) is 0 Å². The van der Waals surface area contributed by atoms with Crippen molar-refractivity contribution in [3.05, 3.63) is 35.1 Å². The van der Waals surface area contributed by atoms with E-state index in [0.29, 0.717) is 5.56 Å². The van der Waals surface area contributed by atoms with Gasteiger partial charge in [-0.2, -0.15) is 0 Å². The van der Waals surface area contributed by atoms with Crippen LogP contribution < -0.4 is 0 Å². The zero-order valence-electron chi connectivity index (χ0n) is 10.0. The van der Waals surface area contributed by atoms with Gasteiger partial charge in [0.15, 0.2) is 0 Å². The van der Waals surface area contributed by atoms with Crippen molar-refractivity contribution in [3.8, 4) is 0 Å². The molecule has 1 aromatic rings. The number of benzene rings is 1. The van der Waals surface area contributed by atoms with Gasteiger partial charge in [0.2, 0.25) is 0 Å². The molecule has 1 aromatic carbocycles. The fourth-order valence-corrected chi connectivity index (χ4v) is 1.92. The van der Waals surface area contributed by atoms with Crippen molar-refractivity contribution in [2.45, 2.75) is 25.8 Å². The molecule has 1 aliphatic carbocycles. The summed E-state index contributed by atoms with van der Waals surface area (Å²) < 4.78 is 13.2. The Morgan fingerprint density at radius 3 is 2.56 bits per heavy atom. The molecular formula is C13H14FNO3. The van der Waals surface area contributed by atoms with E-state index >= 15 is 0 Å². The van der Waals surface area contributed by atoms with E-state index in [1.807, 2.05) is 0 Å². The highest BCUT2D eigenvalue weighted by molar-refractivity contribution is 5.96. The van der Waals surface area contributed by atoms with Crippen LogP contribution >= 0.6 is 0 Å². The number of halogens is 1. The van der Waals surface area contributed by atoms with E-state index in [-0.39, 0.29) is 18.2 Å². The molecule has 96 valence electrons. The number of carboxylic acids is 1. The van der Waals surface area contributed by atoms with Gasteiger partial charge in [-0.25, -0.2) is 4.39 Å². The molecule has 0 aromatic heterocycles. The third-order valence-corrected chi connectivity index (χ3v) is 2.84. The third-order valence-electron chi connectivity index (χ3n) is 2.84. The van der Waals surface area contributed by atoms with Crippen molar-refractivity contribution in [1.29, 1.82) is 0 Å². The van der Waals surface area contributed by atoms with Gasteiger partial charge in [0.05, 0.1) is 0 Å². The van der Waals surface area contributed by atoms with Crippen molar-refractivity contribution in [3.63, 3.8) is 0 Å². The van der Waals surface area contributed by atoms with E-state index in [1.165, 1.54) is 11.0 Å². The second-order valence-electron chi connectivity index (χ2n) is 4.58. The molecule has 0 radical (unpaired) electrons. The number of amides is 1. The van der Waals surface area contributed by atoms with Gasteiger partial charge in [-0.05, 0) is 43.5 Å². The monoisotopic (exact) mass is 251 g/mol. The van der Waals surface area contributed by atoms with Gasteiger partial charge in [-0.15, -0.1) is 0 Å². The molecule has 0 atom stereocenters. The molecule has 0 heterocycles. The molecule has 1 aliphatic rings. The van der Waals surface area contributed by atoms with Gasteiger partial charge < -0.3 is 10.0 Å². The molecular weight excluding hydrogens is 237 g/mol. The molecule has 0 bridgehead atoms. The first kappa shape index (κ1) is 12.5. The van der Waals surface area contributed by atoms with Crippen LogP contribution in [0.3, 0.4) is 0 Å². The number of hydrogen-bond acceptors (Lipinski definition) is 2. The maximum Gasteiger partial charge on any atom is 0.323 e. The Bertz CT molecular complexity index is 477. The van der Waals surface area contributed by atoms with Crippen molar-refractivity contribution in [1.82, 2.24) is 4.90 Å². The number of aliphatic carboxylic acids is 1. The molecule has 4 nitrogen and oxygen atoms in total. The summed E-state index contributed by atoms with van der Waals surface area (Å²) in [7, 11) is 0. The fraction of sp³-hybridized carbons (Fsp3) is 0.385. The van der Waals surface area contributed by atoms with Crippen LogP contribution in [-0.4, -0.2) is 34.5 Å². The number of carbonyl (C=O) groups is 2. The average Bonchev–Trinajstić information content (AvgIpc) is 3.07. The fourth-order valence-electron chi connectivity index (χ4n) is 1.92. The molecule has 0 unspecified atom stereocenters. The molecule has 5 heteroatoms. The van der Waals surface area contributed by atoms with Gasteiger partial charge in [-0.1, -0.05) is 0 Å². The summed E-state index contributed by atoms with van der Waals surface area (Å²) in [6.45, 7) is 1.36. The van der Waals surface area contributed by atoms with Crippen LogP contribution in [0.4, 0.5) is 4.39 Å². The van der Waals surface area contributed by atoms with Crippen LogP contribution in [0.2, 0.25) is 0 Å². The van der Waals surface area contributed by atoms with Gasteiger partial charge in [0.1, 0.15) is 12.4 Å². The Labute approximate surface area is 104 Å². The number of carboxylic acid groups (broad SMARTS) is 1. The highest BCUT2D eigenvalue weighted by Gasteiger charge is 2.34. The second-order valence-corrected chi connectivity index (χ2v) is 4.58. The van der Waals surface area contributed by atoms with Crippen LogP contribution in [0.5, 0.6) is 0 Å². The van der Waals surface area contributed by atoms with Crippen molar-refractivity contribution < 1.29 is 19.1 Å². The maximum absolute atomic E-state index is 13.2. The third kappa shape index (κ3) is 2.85. The molecule has 0 spiro atoms. The molecule has 1 N–H and O–H groups in total. The quantitative estimate of drug-likeness (QED) is 0.888. The standard InChI is InChI=1S/C13H14FNO3/c1-8-4-9(6-10(14)5-8)13(18)15(7-12(16)17)11-2-3-11/h4-6,11H,2-3,7H2,1H3,(H,16,17). The molecule has 2 rings (SSSR count). The number of hydrogen-bond donors (Lipinski definition) is 1. The van der Waals surface area contributed by atoms with E-state index in [1.54, 1.807) is 13.0 Å². The number of nitrogens with zero attached hydrogens (tertiary/aromatic N) is 1. The van der Waals surface area contributed by atoms with Crippen LogP contribution in [0, 0.1) is 12.7 Å². The summed E-state index contributed by atoms with van der Waals surface area (Å²) in [5.41, 5.74) is 0.852. The number of carbonyl (C=O) groups excluding carboxylic acids is 1. The van der Waals surface area contributed by atoms with Gasteiger partial charge in [-0.3, -0.25) is 9.59 Å². The maximum atomic E-state index is 13.2. The highest BCUT2D eigenvalue weighted by atomic mass is 19.1. The van der Waals surface area contributed by atoms with E-state index in [2.05, 4.69) is 0 Å². The Hall–Kier alpha value is -1.91. The van der Waals surface area contributed by atoms with E-state index in [0.717, 1.165) is 18.9 Å². The lowest BCUT2D eigenvalue weighted by molar-refractivity contribution is -0.137. The zero-order valence-corrected chi connectivity index (χ0v) is 10.0. The summed E-state index contributed by atoms with van der Waals surface area (Å²) in [4.78, 5) is 24.2. The molecule has 0 aliphatic heterocycles. The predicted molar refractivity (Wildman–Crippen MR) is 62.8 cm³/mol. The van der Waals surface area contributed by atoms with Crippen LogP contribution in [0.25, 0.3) is 0 Å². The lowest BCUT2D eigenvalue weighted by atomic mass is 10.1. The van der Waals surface area contributed by atoms with Crippen molar-refractivity contribution in [2.75, 3.05) is 6.54 Å². The zero-order chi connectivity index (χ0) is 13.3. The highest BCUT2D eigenvalue weighted by Crippen LogP contribution is 2.28. The number of rotatable bonds is 4. The van der Waals surface area contributed by atoms with Crippen molar-refractivity contribution >= 4 is 11.9 Å². The molecule has 1 amide bonds. The second kappa shape index (κ2) is 4.76. The smallest absolute Gasteiger partial charge is 0.323 e. The SMILES string of the molecule is Cc1cc(F)cc(C(=O)N(CC(=O)O)C2CC2)c1. The Balaban J connectivity index is 2.24. The minimum atomic E-state index is -1.05. The Kier molecular flexibility index (Phi) is 3.32. The van der Waals surface area contributed by atoms with Gasteiger partial charge in [0.25, 0.3) is 5.91 Å². The lowest BCUT2D eigenvalue weighted by Crippen LogP contribution is -2.37. The minimum Gasteiger partial charge on any atom is -0.480 e. The first-order chi connectivity index (χ1) is 8.47. The predicted octanol–water partition coefficient (Wildman–Crippen LogP) is 1.82. The summed E-state index contributed by atoms with van der Waals surface area (Å²) in [6.07, 6.45) is 1.63. The van der Waals surface area contributed by atoms with E-state index in [4.69, 9.17) is 5.11 Å². The average molecular weight is 251 g/mol. The normalized spacial score (nSPS) is 14.3. The van der Waals surface area contributed by atoms with Gasteiger partial charge >= 0.3 is 5.97 Å². The minimum absolute atomic E-state index is 0.0165. The molecule has 1 fully saturated rings. The molecule has 18 heavy (non-hydrogen) atoms. The van der Waals surface area contributed by atoms with Crippen LogP contribution in [0.15, 0.2) is 18.2 Å². The molecule has 0 saturated heterocycles. The first-order valence-corrected chi connectivity index (χ1v) is 5.77. The van der Waals surface area contributed by atoms with Crippen LogP contribution in [0.1, 0.15) is 28.8 Å².